The number of halogens is 1. The molecule has 20 heavy (non-hydrogen) atoms. The van der Waals surface area contributed by atoms with Gasteiger partial charge in [0.25, 0.3) is 0 Å². The van der Waals surface area contributed by atoms with Crippen molar-refractivity contribution in [3.8, 4) is 0 Å². The van der Waals surface area contributed by atoms with Gasteiger partial charge < -0.3 is 10.2 Å². The third kappa shape index (κ3) is 3.41. The number of benzene rings is 1. The second-order valence-corrected chi connectivity index (χ2v) is 6.27. The van der Waals surface area contributed by atoms with Crippen molar-refractivity contribution >= 4 is 21.8 Å². The maximum absolute atomic E-state index is 12.7. The number of hydrogen-bond acceptors (Lipinski definition) is 2. The van der Waals surface area contributed by atoms with E-state index >= 15 is 0 Å². The summed E-state index contributed by atoms with van der Waals surface area (Å²) in [6.45, 7) is 6.84. The summed E-state index contributed by atoms with van der Waals surface area (Å²) in [5.41, 5.74) is 1.18. The Labute approximate surface area is 129 Å². The quantitative estimate of drug-likeness (QED) is 0.892. The Balaban J connectivity index is 2.19. The Morgan fingerprint density at radius 1 is 1.50 bits per heavy atom. The maximum atomic E-state index is 12.7. The van der Waals surface area contributed by atoms with Gasteiger partial charge in [0, 0.05) is 17.6 Å². The number of rotatable bonds is 5. The van der Waals surface area contributed by atoms with Gasteiger partial charge in [0.1, 0.15) is 0 Å². The Hall–Kier alpha value is -0.870. The van der Waals surface area contributed by atoms with Gasteiger partial charge in [-0.25, -0.2) is 0 Å². The SMILES string of the molecule is CCCN(C(=O)C1CCNC1)C(C)c1ccccc1Br. The number of carbonyl (C=O) groups excluding carboxylic acids is 1. The average molecular weight is 339 g/mol. The minimum absolute atomic E-state index is 0.110. The molecular weight excluding hydrogens is 316 g/mol. The van der Waals surface area contributed by atoms with Crippen LogP contribution in [0.25, 0.3) is 0 Å². The largest absolute Gasteiger partial charge is 0.336 e. The highest BCUT2D eigenvalue weighted by Crippen LogP contribution is 2.29. The van der Waals surface area contributed by atoms with Gasteiger partial charge in [-0.3, -0.25) is 4.79 Å². The second kappa shape index (κ2) is 7.23. The van der Waals surface area contributed by atoms with Gasteiger partial charge in [-0.2, -0.15) is 0 Å². The van der Waals surface area contributed by atoms with Crippen LogP contribution >= 0.6 is 15.9 Å². The number of nitrogens with zero attached hydrogens (tertiary/aromatic N) is 1. The fourth-order valence-corrected chi connectivity index (χ4v) is 3.43. The van der Waals surface area contributed by atoms with Crippen LogP contribution in [0.3, 0.4) is 0 Å². The molecule has 0 aliphatic carbocycles. The zero-order chi connectivity index (χ0) is 14.5. The third-order valence-electron chi connectivity index (χ3n) is 3.98. The highest BCUT2D eigenvalue weighted by Gasteiger charge is 2.30. The van der Waals surface area contributed by atoms with Crippen molar-refractivity contribution in [3.63, 3.8) is 0 Å². The molecule has 1 aliphatic heterocycles. The van der Waals surface area contributed by atoms with Crippen LogP contribution in [-0.2, 0) is 4.79 Å². The molecule has 1 N–H and O–H groups in total. The summed E-state index contributed by atoms with van der Waals surface area (Å²) in [4.78, 5) is 14.8. The van der Waals surface area contributed by atoms with Crippen LogP contribution in [0.2, 0.25) is 0 Å². The van der Waals surface area contributed by atoms with Crippen LogP contribution in [0, 0.1) is 5.92 Å². The summed E-state index contributed by atoms with van der Waals surface area (Å²) in [6.07, 6.45) is 1.95. The first-order valence-electron chi connectivity index (χ1n) is 7.40. The van der Waals surface area contributed by atoms with Crippen molar-refractivity contribution in [2.45, 2.75) is 32.7 Å². The smallest absolute Gasteiger partial charge is 0.227 e. The predicted molar refractivity (Wildman–Crippen MR) is 85.5 cm³/mol. The van der Waals surface area contributed by atoms with Gasteiger partial charge in [0.2, 0.25) is 5.91 Å². The average Bonchev–Trinajstić information content (AvgIpc) is 2.98. The molecule has 2 rings (SSSR count). The summed E-state index contributed by atoms with van der Waals surface area (Å²) < 4.78 is 1.07. The van der Waals surface area contributed by atoms with Crippen LogP contribution in [0.5, 0.6) is 0 Å². The molecule has 0 aromatic heterocycles. The number of carbonyl (C=O) groups is 1. The molecule has 1 amide bonds. The van der Waals surface area contributed by atoms with Crippen LogP contribution in [0.15, 0.2) is 28.7 Å². The zero-order valence-corrected chi connectivity index (χ0v) is 13.8. The van der Waals surface area contributed by atoms with Gasteiger partial charge in [0.15, 0.2) is 0 Å². The van der Waals surface area contributed by atoms with E-state index in [0.717, 1.165) is 36.9 Å². The van der Waals surface area contributed by atoms with Crippen LogP contribution in [-0.4, -0.2) is 30.4 Å². The standard InChI is InChI=1S/C16H23BrN2O/c1-3-10-19(16(20)13-8-9-18-11-13)12(2)14-6-4-5-7-15(14)17/h4-7,12-13,18H,3,8-11H2,1-2H3. The topological polar surface area (TPSA) is 32.3 Å². The molecule has 1 aromatic carbocycles. The second-order valence-electron chi connectivity index (χ2n) is 5.42. The van der Waals surface area contributed by atoms with E-state index in [0.29, 0.717) is 5.91 Å². The summed E-state index contributed by atoms with van der Waals surface area (Å²) in [5, 5.41) is 3.28. The van der Waals surface area contributed by atoms with Crippen LogP contribution in [0.4, 0.5) is 0 Å². The normalized spacial score (nSPS) is 19.9. The maximum Gasteiger partial charge on any atom is 0.227 e. The summed E-state index contributed by atoms with van der Waals surface area (Å²) >= 11 is 3.60. The fraction of sp³-hybridized carbons (Fsp3) is 0.562. The van der Waals surface area contributed by atoms with Gasteiger partial charge in [-0.15, -0.1) is 0 Å². The first kappa shape index (κ1) is 15.5. The van der Waals surface area contributed by atoms with Crippen molar-refractivity contribution < 1.29 is 4.79 Å². The highest BCUT2D eigenvalue weighted by atomic mass is 79.9. The third-order valence-corrected chi connectivity index (χ3v) is 4.70. The molecule has 0 bridgehead atoms. The molecule has 1 saturated heterocycles. The zero-order valence-electron chi connectivity index (χ0n) is 12.2. The number of nitrogens with one attached hydrogen (secondary N) is 1. The van der Waals surface area contributed by atoms with Gasteiger partial charge in [-0.1, -0.05) is 41.1 Å². The van der Waals surface area contributed by atoms with E-state index in [-0.39, 0.29) is 12.0 Å². The lowest BCUT2D eigenvalue weighted by Gasteiger charge is -2.32. The molecule has 0 radical (unpaired) electrons. The van der Waals surface area contributed by atoms with E-state index in [1.54, 1.807) is 0 Å². The number of hydrogen-bond donors (Lipinski definition) is 1. The molecule has 1 aliphatic rings. The lowest BCUT2D eigenvalue weighted by atomic mass is 10.0. The van der Waals surface area contributed by atoms with Crippen molar-refractivity contribution in [1.82, 2.24) is 10.2 Å². The summed E-state index contributed by atoms with van der Waals surface area (Å²) in [7, 11) is 0. The van der Waals surface area contributed by atoms with E-state index in [4.69, 9.17) is 0 Å². The fourth-order valence-electron chi connectivity index (χ4n) is 2.82. The van der Waals surface area contributed by atoms with E-state index in [9.17, 15) is 4.79 Å². The minimum Gasteiger partial charge on any atom is -0.336 e. The molecule has 2 atom stereocenters. The van der Waals surface area contributed by atoms with Crippen molar-refractivity contribution in [1.29, 1.82) is 0 Å². The molecule has 4 heteroatoms. The molecule has 0 saturated carbocycles. The van der Waals surface area contributed by atoms with E-state index in [2.05, 4.69) is 41.2 Å². The molecule has 0 spiro atoms. The predicted octanol–water partition coefficient (Wildman–Crippen LogP) is 3.36. The lowest BCUT2D eigenvalue weighted by Crippen LogP contribution is -2.39. The molecule has 1 aromatic rings. The summed E-state index contributed by atoms with van der Waals surface area (Å²) in [5.74, 6) is 0.437. The first-order valence-corrected chi connectivity index (χ1v) is 8.20. The van der Waals surface area contributed by atoms with Crippen molar-refractivity contribution in [2.24, 2.45) is 5.92 Å². The van der Waals surface area contributed by atoms with Crippen LogP contribution < -0.4 is 5.32 Å². The van der Waals surface area contributed by atoms with Crippen LogP contribution in [0.1, 0.15) is 38.3 Å². The van der Waals surface area contributed by atoms with Crippen molar-refractivity contribution in [2.75, 3.05) is 19.6 Å². The van der Waals surface area contributed by atoms with Gasteiger partial charge in [0.05, 0.1) is 12.0 Å². The molecule has 110 valence electrons. The van der Waals surface area contributed by atoms with Gasteiger partial charge in [-0.05, 0) is 37.9 Å². The van der Waals surface area contributed by atoms with E-state index < -0.39 is 0 Å². The molecule has 1 heterocycles. The monoisotopic (exact) mass is 338 g/mol. The molecule has 1 fully saturated rings. The van der Waals surface area contributed by atoms with E-state index in [1.807, 2.05) is 23.1 Å². The Morgan fingerprint density at radius 3 is 2.85 bits per heavy atom. The van der Waals surface area contributed by atoms with Crippen molar-refractivity contribution in [3.05, 3.63) is 34.3 Å². The molecule has 3 nitrogen and oxygen atoms in total. The molecular formula is C16H23BrN2O. The van der Waals surface area contributed by atoms with Gasteiger partial charge >= 0.3 is 0 Å². The Bertz CT molecular complexity index is 458. The minimum atomic E-state index is 0.110. The first-order chi connectivity index (χ1) is 9.65. The Kier molecular flexibility index (Phi) is 5.61. The number of amides is 1. The Morgan fingerprint density at radius 2 is 2.25 bits per heavy atom. The van der Waals surface area contributed by atoms with E-state index in [1.165, 1.54) is 5.56 Å². The highest BCUT2D eigenvalue weighted by molar-refractivity contribution is 9.10. The lowest BCUT2D eigenvalue weighted by molar-refractivity contribution is -0.137. The summed E-state index contributed by atoms with van der Waals surface area (Å²) in [6, 6.07) is 8.28. The molecule has 2 unspecified atom stereocenters.